The minimum Gasteiger partial charge on any atom is -0.394 e. The topological polar surface area (TPSA) is 74.2 Å². The zero-order valence-electron chi connectivity index (χ0n) is 7.05. The Morgan fingerprint density at radius 3 is 2.92 bits per heavy atom. The molecule has 0 bridgehead atoms. The fourth-order valence-electron chi connectivity index (χ4n) is 0.762. The van der Waals surface area contributed by atoms with Gasteiger partial charge in [-0.15, -0.1) is 0 Å². The van der Waals surface area contributed by atoms with Crippen LogP contribution in [0.25, 0.3) is 0 Å². The van der Waals surface area contributed by atoms with Gasteiger partial charge < -0.3 is 14.6 Å². The van der Waals surface area contributed by atoms with Crippen molar-refractivity contribution in [3.05, 3.63) is 0 Å². The Morgan fingerprint density at radius 1 is 1.46 bits per heavy atom. The lowest BCUT2D eigenvalue weighted by Gasteiger charge is -2.07. The molecule has 1 aliphatic rings. The van der Waals surface area contributed by atoms with E-state index in [4.69, 9.17) is 19.1 Å². The lowest BCUT2D eigenvalue weighted by molar-refractivity contribution is -0.0843. The molecule has 1 heterocycles. The molecule has 1 radical (unpaired) electrons. The molecule has 2 atom stereocenters. The van der Waals surface area contributed by atoms with Crippen molar-refractivity contribution in [3.8, 4) is 0 Å². The van der Waals surface area contributed by atoms with Gasteiger partial charge in [0, 0.05) is 0 Å². The van der Waals surface area contributed by atoms with Crippen molar-refractivity contribution in [3.63, 3.8) is 0 Å². The molecule has 0 saturated carbocycles. The molecule has 6 nitrogen and oxygen atoms in total. The van der Waals surface area contributed by atoms with Crippen LogP contribution in [-0.2, 0) is 23.1 Å². The van der Waals surface area contributed by atoms with Crippen molar-refractivity contribution in [1.82, 2.24) is 0 Å². The molecule has 0 amide bonds. The Balaban J connectivity index is 1.91. The summed E-state index contributed by atoms with van der Waals surface area (Å²) in [7, 11) is -1.99. The minimum absolute atomic E-state index is 0.00506. The summed E-state index contributed by atoms with van der Waals surface area (Å²) in [5.41, 5.74) is 0. The van der Waals surface area contributed by atoms with Gasteiger partial charge in [0.15, 0.2) is 6.29 Å². The van der Waals surface area contributed by atoms with Gasteiger partial charge in [0.1, 0.15) is 6.61 Å². The number of hydrogen-bond acceptors (Lipinski definition) is 6. The summed E-state index contributed by atoms with van der Waals surface area (Å²) in [6, 6.07) is 0. The molecule has 1 saturated heterocycles. The number of hydrogen-bond donors (Lipinski definition) is 1. The van der Waals surface area contributed by atoms with Crippen LogP contribution in [0.3, 0.4) is 0 Å². The summed E-state index contributed by atoms with van der Waals surface area (Å²) in [6.45, 7) is 1.18. The Bertz CT molecular complexity index is 163. The van der Waals surface area contributed by atoms with Crippen LogP contribution in [0, 0.1) is 0 Å². The molecule has 13 heavy (non-hydrogen) atoms. The normalized spacial score (nSPS) is 25.3. The van der Waals surface area contributed by atoms with E-state index in [0.29, 0.717) is 19.8 Å². The summed E-state index contributed by atoms with van der Waals surface area (Å²) < 4.78 is 29.9. The molecule has 1 aliphatic heterocycles. The van der Waals surface area contributed by atoms with Gasteiger partial charge in [-0.2, -0.15) is 0 Å². The molecule has 1 rings (SSSR count). The van der Waals surface area contributed by atoms with E-state index in [1.54, 1.807) is 0 Å². The maximum absolute atomic E-state index is 10.5. The second-order valence-corrected chi connectivity index (χ2v) is 3.18. The maximum Gasteiger partial charge on any atom is 0.371 e. The van der Waals surface area contributed by atoms with Gasteiger partial charge >= 0.3 is 8.25 Å². The predicted octanol–water partition coefficient (Wildman–Crippen LogP) is 0.0422. The standard InChI is InChI=1S/C6H12O6P/c7-1-2-9-3-4-10-6-5-11-13(8)12-6/h6-7H,1-5H2. The second kappa shape index (κ2) is 6.37. The van der Waals surface area contributed by atoms with E-state index in [9.17, 15) is 4.57 Å². The minimum atomic E-state index is -1.99. The van der Waals surface area contributed by atoms with Gasteiger partial charge in [-0.1, -0.05) is 0 Å². The van der Waals surface area contributed by atoms with Crippen molar-refractivity contribution in [1.29, 1.82) is 0 Å². The smallest absolute Gasteiger partial charge is 0.371 e. The number of aliphatic hydroxyl groups excluding tert-OH is 1. The SMILES string of the molecule is O=[P]1OCC(OCCOCCO)O1. The van der Waals surface area contributed by atoms with E-state index < -0.39 is 14.5 Å². The summed E-state index contributed by atoms with van der Waals surface area (Å²) in [5.74, 6) is 0. The van der Waals surface area contributed by atoms with Crippen molar-refractivity contribution < 1.29 is 28.2 Å². The average molecular weight is 211 g/mol. The van der Waals surface area contributed by atoms with Crippen LogP contribution in [0.4, 0.5) is 0 Å². The highest BCUT2D eigenvalue weighted by atomic mass is 31.1. The number of rotatable bonds is 6. The van der Waals surface area contributed by atoms with Crippen molar-refractivity contribution in [2.45, 2.75) is 6.29 Å². The zero-order valence-corrected chi connectivity index (χ0v) is 7.94. The van der Waals surface area contributed by atoms with Gasteiger partial charge in [-0.25, -0.2) is 9.09 Å². The van der Waals surface area contributed by atoms with E-state index in [0.717, 1.165) is 0 Å². The average Bonchev–Trinajstić information content (AvgIpc) is 2.51. The Kier molecular flexibility index (Phi) is 5.38. The number of ether oxygens (including phenoxy) is 2. The summed E-state index contributed by atoms with van der Waals surface area (Å²) in [6.07, 6.45) is -0.554. The first-order chi connectivity index (χ1) is 6.33. The third kappa shape index (κ3) is 4.61. The van der Waals surface area contributed by atoms with Gasteiger partial charge in [-0.3, -0.25) is 4.52 Å². The van der Waals surface area contributed by atoms with Gasteiger partial charge in [0.05, 0.1) is 26.4 Å². The summed E-state index contributed by atoms with van der Waals surface area (Å²) >= 11 is 0. The first kappa shape index (κ1) is 11.0. The molecule has 0 aromatic heterocycles. The lowest BCUT2D eigenvalue weighted by Crippen LogP contribution is -2.17. The highest BCUT2D eigenvalue weighted by molar-refractivity contribution is 7.33. The third-order valence-corrected chi connectivity index (χ3v) is 2.05. The Hall–Kier alpha value is -0.100. The van der Waals surface area contributed by atoms with Crippen LogP contribution < -0.4 is 0 Å². The lowest BCUT2D eigenvalue weighted by atomic mass is 10.6. The molecule has 0 aliphatic carbocycles. The van der Waals surface area contributed by atoms with Crippen LogP contribution in [0.15, 0.2) is 0 Å². The highest BCUT2D eigenvalue weighted by Crippen LogP contribution is 2.33. The molecule has 7 heteroatoms. The van der Waals surface area contributed by atoms with Gasteiger partial charge in [0.2, 0.25) is 0 Å². The van der Waals surface area contributed by atoms with E-state index >= 15 is 0 Å². The van der Waals surface area contributed by atoms with Crippen molar-refractivity contribution in [2.75, 3.05) is 33.0 Å². The van der Waals surface area contributed by atoms with E-state index in [-0.39, 0.29) is 13.2 Å². The fraction of sp³-hybridized carbons (Fsp3) is 1.00. The van der Waals surface area contributed by atoms with Crippen LogP contribution in [0.5, 0.6) is 0 Å². The summed E-state index contributed by atoms with van der Waals surface area (Å²) in [4.78, 5) is 0. The fourth-order valence-corrected chi connectivity index (χ4v) is 1.38. The predicted molar refractivity (Wildman–Crippen MR) is 42.3 cm³/mol. The third-order valence-electron chi connectivity index (χ3n) is 1.29. The monoisotopic (exact) mass is 211 g/mol. The Labute approximate surface area is 76.7 Å². The molecule has 0 spiro atoms. The molecule has 0 aromatic carbocycles. The van der Waals surface area contributed by atoms with Gasteiger partial charge in [-0.05, 0) is 0 Å². The van der Waals surface area contributed by atoms with Gasteiger partial charge in [0.25, 0.3) is 0 Å². The maximum atomic E-state index is 10.5. The molecule has 1 fully saturated rings. The van der Waals surface area contributed by atoms with Crippen molar-refractivity contribution in [2.24, 2.45) is 0 Å². The van der Waals surface area contributed by atoms with Crippen LogP contribution in [0.2, 0.25) is 0 Å². The van der Waals surface area contributed by atoms with E-state index in [2.05, 4.69) is 4.52 Å². The van der Waals surface area contributed by atoms with Crippen LogP contribution in [-0.4, -0.2) is 44.4 Å². The molecule has 0 aromatic rings. The highest BCUT2D eigenvalue weighted by Gasteiger charge is 2.24. The molecule has 2 unspecified atom stereocenters. The van der Waals surface area contributed by atoms with Crippen molar-refractivity contribution >= 4 is 8.25 Å². The quantitative estimate of drug-likeness (QED) is 0.494. The van der Waals surface area contributed by atoms with E-state index in [1.807, 2.05) is 0 Å². The number of aliphatic hydroxyl groups is 1. The molecule has 1 N–H and O–H groups in total. The Morgan fingerprint density at radius 2 is 2.31 bits per heavy atom. The molecular weight excluding hydrogens is 199 g/mol. The summed E-state index contributed by atoms with van der Waals surface area (Å²) in [5, 5.41) is 8.36. The van der Waals surface area contributed by atoms with E-state index in [1.165, 1.54) is 0 Å². The van der Waals surface area contributed by atoms with Crippen LogP contribution >= 0.6 is 8.25 Å². The largest absolute Gasteiger partial charge is 0.394 e. The first-order valence-corrected chi connectivity index (χ1v) is 4.99. The first-order valence-electron chi connectivity index (χ1n) is 3.90. The second-order valence-electron chi connectivity index (χ2n) is 2.26. The van der Waals surface area contributed by atoms with Crippen LogP contribution in [0.1, 0.15) is 0 Å². The molecule has 77 valence electrons. The molecular formula is C6H12O6P. The zero-order chi connectivity index (χ0) is 9.52.